The van der Waals surface area contributed by atoms with Crippen LogP contribution in [0.2, 0.25) is 5.02 Å². The lowest BCUT2D eigenvalue weighted by atomic mass is 9.98. The van der Waals surface area contributed by atoms with Gasteiger partial charge in [-0.2, -0.15) is 0 Å². The van der Waals surface area contributed by atoms with E-state index < -0.39 is 29.7 Å². The summed E-state index contributed by atoms with van der Waals surface area (Å²) in [4.78, 5) is 37.9. The summed E-state index contributed by atoms with van der Waals surface area (Å²) in [6.45, 7) is 4.11. The summed E-state index contributed by atoms with van der Waals surface area (Å²) < 4.78 is 18.9. The summed E-state index contributed by atoms with van der Waals surface area (Å²) in [5.41, 5.74) is -0.0420. The molecule has 1 aliphatic rings. The van der Waals surface area contributed by atoms with E-state index in [2.05, 4.69) is 5.32 Å². The fraction of sp³-hybridized carbons (Fsp3) is 0.500. The molecule has 1 fully saturated rings. The third-order valence-corrected chi connectivity index (χ3v) is 4.50. The molecule has 1 heterocycles. The number of amides is 2. The molecule has 2 rings (SSSR count). The van der Waals surface area contributed by atoms with Gasteiger partial charge in [-0.3, -0.25) is 14.4 Å². The minimum Gasteiger partial charge on any atom is -0.452 e. The van der Waals surface area contributed by atoms with E-state index >= 15 is 0 Å². The SMILES string of the molecule is CCC(=O)N1CCCC(C(=O)OC(C)C(=O)Nc2ccc(Cl)cc2F)C1. The van der Waals surface area contributed by atoms with Crippen LogP contribution in [0.4, 0.5) is 10.1 Å². The van der Waals surface area contributed by atoms with Gasteiger partial charge in [-0.15, -0.1) is 0 Å². The van der Waals surface area contributed by atoms with Crippen molar-refractivity contribution in [2.24, 2.45) is 5.92 Å². The first-order valence-corrected chi connectivity index (χ1v) is 8.93. The van der Waals surface area contributed by atoms with E-state index in [-0.39, 0.29) is 16.6 Å². The summed E-state index contributed by atoms with van der Waals surface area (Å²) in [5, 5.41) is 2.58. The molecule has 1 aliphatic heterocycles. The van der Waals surface area contributed by atoms with Gasteiger partial charge in [0.25, 0.3) is 5.91 Å². The van der Waals surface area contributed by atoms with Gasteiger partial charge in [-0.25, -0.2) is 4.39 Å². The van der Waals surface area contributed by atoms with Crippen LogP contribution in [-0.2, 0) is 19.1 Å². The average molecular weight is 385 g/mol. The number of likely N-dealkylation sites (tertiary alicyclic amines) is 1. The second-order valence-corrected chi connectivity index (χ2v) is 6.66. The van der Waals surface area contributed by atoms with Crippen molar-refractivity contribution >= 4 is 35.1 Å². The number of rotatable bonds is 5. The quantitative estimate of drug-likeness (QED) is 0.792. The minimum atomic E-state index is -1.09. The molecule has 1 aromatic rings. The number of ether oxygens (including phenoxy) is 1. The molecule has 0 radical (unpaired) electrons. The van der Waals surface area contributed by atoms with E-state index in [4.69, 9.17) is 16.3 Å². The Kier molecular flexibility index (Phi) is 6.97. The number of piperidine rings is 1. The van der Waals surface area contributed by atoms with E-state index in [1.165, 1.54) is 19.1 Å². The van der Waals surface area contributed by atoms with Gasteiger partial charge in [0, 0.05) is 24.5 Å². The Balaban J connectivity index is 1.91. The van der Waals surface area contributed by atoms with Gasteiger partial charge in [0.05, 0.1) is 11.6 Å². The number of hydrogen-bond donors (Lipinski definition) is 1. The van der Waals surface area contributed by atoms with E-state index in [0.29, 0.717) is 32.4 Å². The van der Waals surface area contributed by atoms with Gasteiger partial charge >= 0.3 is 5.97 Å². The molecule has 8 heteroatoms. The number of carbonyl (C=O) groups excluding carboxylic acids is 3. The molecule has 1 aromatic carbocycles. The van der Waals surface area contributed by atoms with Crippen LogP contribution in [0.1, 0.15) is 33.1 Å². The van der Waals surface area contributed by atoms with Gasteiger partial charge in [0.15, 0.2) is 6.10 Å². The summed E-state index contributed by atoms with van der Waals surface area (Å²) >= 11 is 5.67. The Morgan fingerprint density at radius 3 is 2.81 bits per heavy atom. The van der Waals surface area contributed by atoms with E-state index in [1.54, 1.807) is 11.8 Å². The van der Waals surface area contributed by atoms with Crippen molar-refractivity contribution in [2.45, 2.75) is 39.2 Å². The Bertz CT molecular complexity index is 698. The van der Waals surface area contributed by atoms with Crippen LogP contribution in [0, 0.1) is 11.7 Å². The Labute approximate surface area is 156 Å². The number of carbonyl (C=O) groups is 3. The highest BCUT2D eigenvalue weighted by Gasteiger charge is 2.31. The molecule has 2 unspecified atom stereocenters. The largest absolute Gasteiger partial charge is 0.452 e. The predicted octanol–water partition coefficient (Wildman–Crippen LogP) is 3.00. The molecule has 1 N–H and O–H groups in total. The van der Waals surface area contributed by atoms with Crippen LogP contribution in [0.15, 0.2) is 18.2 Å². The molecule has 142 valence electrons. The number of benzene rings is 1. The molecule has 0 saturated carbocycles. The van der Waals surface area contributed by atoms with Crippen LogP contribution in [0.3, 0.4) is 0 Å². The van der Waals surface area contributed by atoms with Gasteiger partial charge in [0.2, 0.25) is 5.91 Å². The average Bonchev–Trinajstić information content (AvgIpc) is 2.63. The lowest BCUT2D eigenvalue weighted by Gasteiger charge is -2.31. The standard InChI is InChI=1S/C18H22ClFN2O4/c1-3-16(23)22-8-4-5-12(10-22)18(25)26-11(2)17(24)21-15-7-6-13(19)9-14(15)20/h6-7,9,11-12H,3-5,8,10H2,1-2H3,(H,21,24). The number of esters is 1. The highest BCUT2D eigenvalue weighted by Crippen LogP contribution is 2.21. The number of anilines is 1. The van der Waals surface area contributed by atoms with Crippen molar-refractivity contribution in [1.29, 1.82) is 0 Å². The fourth-order valence-corrected chi connectivity index (χ4v) is 2.93. The van der Waals surface area contributed by atoms with E-state index in [9.17, 15) is 18.8 Å². The molecular weight excluding hydrogens is 363 g/mol. The minimum absolute atomic E-state index is 0.00787. The van der Waals surface area contributed by atoms with Crippen LogP contribution in [0.5, 0.6) is 0 Å². The van der Waals surface area contributed by atoms with Crippen LogP contribution < -0.4 is 5.32 Å². The summed E-state index contributed by atoms with van der Waals surface area (Å²) in [6, 6.07) is 3.85. The molecule has 0 aromatic heterocycles. The van der Waals surface area contributed by atoms with Gasteiger partial charge in [-0.05, 0) is 38.0 Å². The van der Waals surface area contributed by atoms with Crippen molar-refractivity contribution in [2.75, 3.05) is 18.4 Å². The van der Waals surface area contributed by atoms with Crippen molar-refractivity contribution in [3.8, 4) is 0 Å². The van der Waals surface area contributed by atoms with E-state index in [1.807, 2.05) is 0 Å². The Morgan fingerprint density at radius 2 is 2.15 bits per heavy atom. The third-order valence-electron chi connectivity index (χ3n) is 4.26. The monoisotopic (exact) mass is 384 g/mol. The molecule has 6 nitrogen and oxygen atoms in total. The van der Waals surface area contributed by atoms with Crippen LogP contribution >= 0.6 is 11.6 Å². The number of nitrogens with zero attached hydrogens (tertiary/aromatic N) is 1. The van der Waals surface area contributed by atoms with Gasteiger partial charge < -0.3 is 15.0 Å². The Morgan fingerprint density at radius 1 is 1.42 bits per heavy atom. The van der Waals surface area contributed by atoms with Crippen molar-refractivity contribution < 1.29 is 23.5 Å². The smallest absolute Gasteiger partial charge is 0.311 e. The predicted molar refractivity (Wildman–Crippen MR) is 95.2 cm³/mol. The van der Waals surface area contributed by atoms with Crippen molar-refractivity contribution in [3.63, 3.8) is 0 Å². The maximum atomic E-state index is 13.7. The molecular formula is C18H22ClFN2O4. The molecule has 0 spiro atoms. The first-order chi connectivity index (χ1) is 12.3. The normalized spacial score (nSPS) is 18.2. The number of halogens is 2. The van der Waals surface area contributed by atoms with Crippen LogP contribution in [0.25, 0.3) is 0 Å². The lowest BCUT2D eigenvalue weighted by Crippen LogP contribution is -2.43. The molecule has 2 amide bonds. The summed E-state index contributed by atoms with van der Waals surface area (Å²) in [5.74, 6) is -2.31. The third kappa shape index (κ3) is 5.17. The van der Waals surface area contributed by atoms with Crippen molar-refractivity contribution in [3.05, 3.63) is 29.0 Å². The van der Waals surface area contributed by atoms with Crippen molar-refractivity contribution in [1.82, 2.24) is 4.90 Å². The molecule has 26 heavy (non-hydrogen) atoms. The molecule has 1 saturated heterocycles. The molecule has 2 atom stereocenters. The highest BCUT2D eigenvalue weighted by molar-refractivity contribution is 6.30. The maximum absolute atomic E-state index is 13.7. The summed E-state index contributed by atoms with van der Waals surface area (Å²) in [7, 11) is 0. The van der Waals surface area contributed by atoms with Gasteiger partial charge in [-0.1, -0.05) is 18.5 Å². The summed E-state index contributed by atoms with van der Waals surface area (Å²) in [6.07, 6.45) is 0.608. The maximum Gasteiger partial charge on any atom is 0.311 e. The zero-order valence-electron chi connectivity index (χ0n) is 14.8. The first-order valence-electron chi connectivity index (χ1n) is 8.56. The second-order valence-electron chi connectivity index (χ2n) is 6.22. The zero-order valence-corrected chi connectivity index (χ0v) is 15.5. The van der Waals surface area contributed by atoms with Gasteiger partial charge in [0.1, 0.15) is 5.82 Å². The lowest BCUT2D eigenvalue weighted by molar-refractivity contribution is -0.159. The highest BCUT2D eigenvalue weighted by atomic mass is 35.5. The van der Waals surface area contributed by atoms with Crippen LogP contribution in [-0.4, -0.2) is 41.9 Å². The molecule has 0 aliphatic carbocycles. The number of nitrogens with one attached hydrogen (secondary N) is 1. The second kappa shape index (κ2) is 8.98. The first kappa shape index (κ1) is 20.2. The fourth-order valence-electron chi connectivity index (χ4n) is 2.77. The molecule has 0 bridgehead atoms. The topological polar surface area (TPSA) is 75.7 Å². The van der Waals surface area contributed by atoms with E-state index in [0.717, 1.165) is 6.07 Å². The zero-order chi connectivity index (χ0) is 19.3. The number of hydrogen-bond acceptors (Lipinski definition) is 4. The Hall–Kier alpha value is -2.15.